The number of alkyl halides is 2. The number of benzene rings is 4. The summed E-state index contributed by atoms with van der Waals surface area (Å²) in [5, 5.41) is 0. The summed E-state index contributed by atoms with van der Waals surface area (Å²) in [4.78, 5) is -0.543. The van der Waals surface area contributed by atoms with Crippen LogP contribution in [0.4, 0.5) is 23.2 Å². The lowest BCUT2D eigenvalue weighted by atomic mass is 9.89. The molecule has 0 aliphatic carbocycles. The lowest BCUT2D eigenvalue weighted by Crippen LogP contribution is -2.18. The molecule has 0 amide bonds. The summed E-state index contributed by atoms with van der Waals surface area (Å²) in [6.45, 7) is -3.09. The molecular formula is C26H17F4NO4S. The van der Waals surface area contributed by atoms with Crippen molar-refractivity contribution in [1.29, 1.82) is 0 Å². The molecule has 184 valence electrons. The molecule has 1 atom stereocenters. The number of ether oxygens (including phenoxy) is 2. The average Bonchev–Trinajstić information content (AvgIpc) is 2.83. The quantitative estimate of drug-likeness (QED) is 0.297. The predicted molar refractivity (Wildman–Crippen MR) is 125 cm³/mol. The third kappa shape index (κ3) is 4.47. The summed E-state index contributed by atoms with van der Waals surface area (Å²) in [5.74, 6) is -1.35. The van der Waals surface area contributed by atoms with Crippen LogP contribution in [0.2, 0.25) is 0 Å². The number of fused-ring (bicyclic) bond motifs is 3. The highest BCUT2D eigenvalue weighted by molar-refractivity contribution is 7.92. The van der Waals surface area contributed by atoms with E-state index in [2.05, 4.69) is 9.46 Å². The standard InChI is InChI=1S/C26H17F4NO4S/c27-16-6-3-5-15(13-16)25-19-14-17(31-36(32,33)23-10-2-1-7-20(23)28)11-12-18(19)24-21(34-25)8-4-9-22(24)35-26(29)30/h1-14,25-26,31H. The molecule has 5 rings (SSSR count). The molecule has 1 N–H and O–H groups in total. The lowest BCUT2D eigenvalue weighted by Gasteiger charge is -2.30. The number of nitrogens with one attached hydrogen (secondary N) is 1. The monoisotopic (exact) mass is 515 g/mol. The molecule has 1 aliphatic rings. The molecule has 0 spiro atoms. The van der Waals surface area contributed by atoms with Crippen LogP contribution in [0.25, 0.3) is 11.1 Å². The summed E-state index contributed by atoms with van der Waals surface area (Å²) in [6, 6.07) is 19.3. The normalized spacial score (nSPS) is 14.5. The first-order chi connectivity index (χ1) is 17.2. The van der Waals surface area contributed by atoms with Gasteiger partial charge in [0.15, 0.2) is 0 Å². The first kappa shape index (κ1) is 23.7. The van der Waals surface area contributed by atoms with Gasteiger partial charge >= 0.3 is 6.61 Å². The fraction of sp³-hybridized carbons (Fsp3) is 0.0769. The fourth-order valence-electron chi connectivity index (χ4n) is 4.12. The van der Waals surface area contributed by atoms with Gasteiger partial charge in [-0.3, -0.25) is 4.72 Å². The van der Waals surface area contributed by atoms with Crippen LogP contribution in [0.5, 0.6) is 11.5 Å². The molecular weight excluding hydrogens is 498 g/mol. The molecule has 0 radical (unpaired) electrons. The third-order valence-electron chi connectivity index (χ3n) is 5.58. The van der Waals surface area contributed by atoms with Crippen LogP contribution >= 0.6 is 0 Å². The van der Waals surface area contributed by atoms with Crippen molar-refractivity contribution in [2.45, 2.75) is 17.6 Å². The second-order valence-electron chi connectivity index (χ2n) is 7.90. The largest absolute Gasteiger partial charge is 0.480 e. The van der Waals surface area contributed by atoms with Gasteiger partial charge in [0, 0.05) is 11.3 Å². The first-order valence-electron chi connectivity index (χ1n) is 10.6. The Morgan fingerprint density at radius 2 is 1.67 bits per heavy atom. The van der Waals surface area contributed by atoms with Gasteiger partial charge in [-0.25, -0.2) is 17.2 Å². The van der Waals surface area contributed by atoms with Crippen molar-refractivity contribution >= 4 is 15.7 Å². The minimum Gasteiger partial charge on any atom is -0.480 e. The van der Waals surface area contributed by atoms with Crippen molar-refractivity contribution in [1.82, 2.24) is 0 Å². The van der Waals surface area contributed by atoms with Crippen molar-refractivity contribution in [2.75, 3.05) is 4.72 Å². The molecule has 0 fully saturated rings. The van der Waals surface area contributed by atoms with Gasteiger partial charge in [-0.15, -0.1) is 0 Å². The Balaban J connectivity index is 1.64. The second kappa shape index (κ2) is 9.19. The van der Waals surface area contributed by atoms with E-state index in [1.807, 2.05) is 0 Å². The van der Waals surface area contributed by atoms with Crippen molar-refractivity contribution < 1.29 is 35.5 Å². The maximum absolute atomic E-state index is 14.1. The zero-order valence-corrected chi connectivity index (χ0v) is 19.1. The smallest absolute Gasteiger partial charge is 0.387 e. The van der Waals surface area contributed by atoms with E-state index in [0.29, 0.717) is 16.7 Å². The highest BCUT2D eigenvalue weighted by Gasteiger charge is 2.31. The topological polar surface area (TPSA) is 64.6 Å². The van der Waals surface area contributed by atoms with Gasteiger partial charge in [0.05, 0.1) is 5.56 Å². The minimum absolute atomic E-state index is 0.0673. The second-order valence-corrected chi connectivity index (χ2v) is 9.55. The Hall–Kier alpha value is -4.05. The molecule has 1 unspecified atom stereocenters. The third-order valence-corrected chi connectivity index (χ3v) is 7.00. The molecule has 10 heteroatoms. The highest BCUT2D eigenvalue weighted by atomic mass is 32.2. The van der Waals surface area contributed by atoms with Crippen molar-refractivity contribution in [2.24, 2.45) is 0 Å². The molecule has 1 aliphatic heterocycles. The van der Waals surface area contributed by atoms with Gasteiger partial charge in [-0.1, -0.05) is 36.4 Å². The molecule has 4 aromatic rings. The molecule has 0 saturated carbocycles. The van der Waals surface area contributed by atoms with Crippen molar-refractivity contribution in [3.05, 3.63) is 108 Å². The van der Waals surface area contributed by atoms with E-state index in [1.165, 1.54) is 60.7 Å². The fourth-order valence-corrected chi connectivity index (χ4v) is 5.25. The maximum Gasteiger partial charge on any atom is 0.387 e. The van der Waals surface area contributed by atoms with Crippen LogP contribution in [-0.4, -0.2) is 15.0 Å². The van der Waals surface area contributed by atoms with Gasteiger partial charge in [0.2, 0.25) is 0 Å². The Kier molecular flexibility index (Phi) is 6.05. The van der Waals surface area contributed by atoms with E-state index < -0.39 is 39.3 Å². The molecule has 5 nitrogen and oxygen atoms in total. The van der Waals surface area contributed by atoms with Crippen LogP contribution in [0.1, 0.15) is 17.2 Å². The van der Waals surface area contributed by atoms with Crippen LogP contribution in [0.3, 0.4) is 0 Å². The summed E-state index contributed by atoms with van der Waals surface area (Å²) in [7, 11) is -4.29. The molecule has 1 heterocycles. The number of halogens is 4. The SMILES string of the molecule is O=S(=O)(Nc1ccc2c(c1)C(c1cccc(F)c1)Oc1cccc(OC(F)F)c1-2)c1ccccc1F. The van der Waals surface area contributed by atoms with E-state index in [1.54, 1.807) is 12.1 Å². The van der Waals surface area contributed by atoms with Gasteiger partial charge < -0.3 is 9.47 Å². The van der Waals surface area contributed by atoms with Crippen LogP contribution < -0.4 is 14.2 Å². The van der Waals surface area contributed by atoms with E-state index in [-0.39, 0.29) is 22.7 Å². The van der Waals surface area contributed by atoms with E-state index in [4.69, 9.17) is 4.74 Å². The zero-order chi connectivity index (χ0) is 25.4. The average molecular weight is 515 g/mol. The van der Waals surface area contributed by atoms with Gasteiger partial charge in [-0.2, -0.15) is 8.78 Å². The van der Waals surface area contributed by atoms with E-state index >= 15 is 0 Å². The zero-order valence-electron chi connectivity index (χ0n) is 18.3. The Morgan fingerprint density at radius 3 is 2.42 bits per heavy atom. The van der Waals surface area contributed by atoms with Gasteiger partial charge in [0.25, 0.3) is 10.0 Å². The number of anilines is 1. The Labute approximate surface area is 204 Å². The van der Waals surface area contributed by atoms with Crippen LogP contribution in [0, 0.1) is 11.6 Å². The molecule has 36 heavy (non-hydrogen) atoms. The lowest BCUT2D eigenvalue weighted by molar-refractivity contribution is -0.0496. The Bertz CT molecular complexity index is 1560. The molecule has 4 aromatic carbocycles. The summed E-state index contributed by atoms with van der Waals surface area (Å²) >= 11 is 0. The van der Waals surface area contributed by atoms with Crippen LogP contribution in [-0.2, 0) is 10.0 Å². The first-order valence-corrected chi connectivity index (χ1v) is 12.1. The number of sulfonamides is 1. The molecule has 0 saturated heterocycles. The highest BCUT2D eigenvalue weighted by Crippen LogP contribution is 2.50. The number of hydrogen-bond donors (Lipinski definition) is 1. The summed E-state index contributed by atoms with van der Waals surface area (Å²) in [6.07, 6.45) is -0.900. The van der Waals surface area contributed by atoms with E-state index in [0.717, 1.165) is 12.1 Å². The van der Waals surface area contributed by atoms with Gasteiger partial charge in [-0.05, 0) is 59.7 Å². The van der Waals surface area contributed by atoms with Crippen molar-refractivity contribution in [3.8, 4) is 22.6 Å². The number of hydrogen-bond acceptors (Lipinski definition) is 4. The summed E-state index contributed by atoms with van der Waals surface area (Å²) < 4.78 is 93.1. The predicted octanol–water partition coefficient (Wildman–Crippen LogP) is 6.52. The van der Waals surface area contributed by atoms with Gasteiger partial charge in [0.1, 0.15) is 34.1 Å². The van der Waals surface area contributed by atoms with E-state index in [9.17, 15) is 26.0 Å². The van der Waals surface area contributed by atoms with Crippen LogP contribution in [0.15, 0.2) is 89.8 Å². The molecule has 0 aromatic heterocycles. The Morgan fingerprint density at radius 1 is 0.889 bits per heavy atom. The summed E-state index contributed by atoms with van der Waals surface area (Å²) in [5.41, 5.74) is 1.51. The minimum atomic E-state index is -4.29. The molecule has 0 bridgehead atoms. The maximum atomic E-state index is 14.1. The number of rotatable bonds is 6. The van der Waals surface area contributed by atoms with Crippen molar-refractivity contribution in [3.63, 3.8) is 0 Å².